The number of halogens is 1. The third kappa shape index (κ3) is 5.86. The number of rotatable bonds is 7. The SMILES string of the molecule is O=C(COc1ccc(Cl)cc1)N1CC=C(c2cncc(OCc3ccccc3)c2)CC1. The van der Waals surface area contributed by atoms with Gasteiger partial charge in [-0.1, -0.05) is 48.0 Å². The molecule has 0 fully saturated rings. The Hall–Kier alpha value is -3.31. The maximum absolute atomic E-state index is 12.5. The second-order valence-electron chi connectivity index (χ2n) is 7.25. The van der Waals surface area contributed by atoms with Crippen LogP contribution in [-0.4, -0.2) is 35.5 Å². The Kier molecular flexibility index (Phi) is 6.85. The molecule has 5 nitrogen and oxygen atoms in total. The third-order valence-electron chi connectivity index (χ3n) is 5.07. The molecule has 31 heavy (non-hydrogen) atoms. The average molecular weight is 435 g/mol. The average Bonchev–Trinajstić information content (AvgIpc) is 2.83. The third-order valence-corrected chi connectivity index (χ3v) is 5.32. The molecule has 0 atom stereocenters. The first-order chi connectivity index (χ1) is 15.2. The summed E-state index contributed by atoms with van der Waals surface area (Å²) in [5, 5.41) is 0.636. The summed E-state index contributed by atoms with van der Waals surface area (Å²) in [6, 6.07) is 19.0. The van der Waals surface area contributed by atoms with Crippen LogP contribution in [-0.2, 0) is 11.4 Å². The summed E-state index contributed by atoms with van der Waals surface area (Å²) < 4.78 is 11.5. The van der Waals surface area contributed by atoms with E-state index in [1.807, 2.05) is 42.6 Å². The molecular formula is C25H23ClN2O3. The van der Waals surface area contributed by atoms with E-state index in [0.717, 1.165) is 23.3 Å². The van der Waals surface area contributed by atoms with E-state index in [-0.39, 0.29) is 12.5 Å². The molecule has 1 aliphatic rings. The molecule has 0 saturated heterocycles. The van der Waals surface area contributed by atoms with Crippen LogP contribution in [0.1, 0.15) is 17.5 Å². The first-order valence-electron chi connectivity index (χ1n) is 10.1. The number of benzene rings is 2. The van der Waals surface area contributed by atoms with Crippen molar-refractivity contribution in [2.75, 3.05) is 19.7 Å². The molecular weight excluding hydrogens is 412 g/mol. The molecule has 2 aromatic carbocycles. The second-order valence-corrected chi connectivity index (χ2v) is 7.68. The van der Waals surface area contributed by atoms with Crippen LogP contribution in [0, 0.1) is 0 Å². The fourth-order valence-corrected chi connectivity index (χ4v) is 3.47. The van der Waals surface area contributed by atoms with E-state index in [2.05, 4.69) is 11.1 Å². The van der Waals surface area contributed by atoms with Crippen LogP contribution in [0.3, 0.4) is 0 Å². The van der Waals surface area contributed by atoms with Crippen molar-refractivity contribution in [1.29, 1.82) is 0 Å². The van der Waals surface area contributed by atoms with Crippen LogP contribution in [0.25, 0.3) is 5.57 Å². The minimum absolute atomic E-state index is 0.00910. The van der Waals surface area contributed by atoms with Gasteiger partial charge in [-0.2, -0.15) is 0 Å². The van der Waals surface area contributed by atoms with Gasteiger partial charge < -0.3 is 14.4 Å². The molecule has 3 aromatic rings. The van der Waals surface area contributed by atoms with Crippen LogP contribution in [0.2, 0.25) is 5.02 Å². The van der Waals surface area contributed by atoms with Crippen molar-refractivity contribution in [2.24, 2.45) is 0 Å². The predicted octanol–water partition coefficient (Wildman–Crippen LogP) is 5.01. The topological polar surface area (TPSA) is 51.7 Å². The van der Waals surface area contributed by atoms with E-state index in [0.29, 0.717) is 30.5 Å². The number of carbonyl (C=O) groups is 1. The van der Waals surface area contributed by atoms with Gasteiger partial charge in [0.25, 0.3) is 5.91 Å². The van der Waals surface area contributed by atoms with E-state index in [1.165, 1.54) is 5.57 Å². The van der Waals surface area contributed by atoms with Crippen molar-refractivity contribution < 1.29 is 14.3 Å². The van der Waals surface area contributed by atoms with Gasteiger partial charge in [0.15, 0.2) is 6.61 Å². The lowest BCUT2D eigenvalue weighted by atomic mass is 10.0. The highest BCUT2D eigenvalue weighted by atomic mass is 35.5. The molecule has 6 heteroatoms. The number of hydrogen-bond donors (Lipinski definition) is 0. The Bertz CT molecular complexity index is 1050. The lowest BCUT2D eigenvalue weighted by molar-refractivity contribution is -0.132. The van der Waals surface area contributed by atoms with Gasteiger partial charge in [-0.15, -0.1) is 0 Å². The van der Waals surface area contributed by atoms with Gasteiger partial charge in [-0.3, -0.25) is 9.78 Å². The number of carbonyl (C=O) groups excluding carboxylic acids is 1. The molecule has 1 aromatic heterocycles. The molecule has 0 radical (unpaired) electrons. The zero-order valence-corrected chi connectivity index (χ0v) is 17.8. The first-order valence-corrected chi connectivity index (χ1v) is 10.5. The van der Waals surface area contributed by atoms with Crippen LogP contribution in [0.15, 0.2) is 79.1 Å². The molecule has 1 aliphatic heterocycles. The minimum atomic E-state index is -0.0386. The normalized spacial score (nSPS) is 13.5. The van der Waals surface area contributed by atoms with E-state index in [9.17, 15) is 4.79 Å². The zero-order chi connectivity index (χ0) is 21.5. The van der Waals surface area contributed by atoms with Crippen molar-refractivity contribution in [3.8, 4) is 11.5 Å². The standard InChI is InChI=1S/C25H23ClN2O3/c26-22-6-8-23(9-7-22)31-18-25(29)28-12-10-20(11-13-28)21-14-24(16-27-15-21)30-17-19-4-2-1-3-5-19/h1-10,14-16H,11-13,17-18H2. The summed E-state index contributed by atoms with van der Waals surface area (Å²) in [5.41, 5.74) is 3.30. The summed E-state index contributed by atoms with van der Waals surface area (Å²) in [7, 11) is 0. The molecule has 1 amide bonds. The second kappa shape index (κ2) is 10.1. The molecule has 0 bridgehead atoms. The smallest absolute Gasteiger partial charge is 0.260 e. The molecule has 0 spiro atoms. The van der Waals surface area contributed by atoms with Crippen LogP contribution in [0.4, 0.5) is 0 Å². The minimum Gasteiger partial charge on any atom is -0.487 e. The molecule has 2 heterocycles. The van der Waals surface area contributed by atoms with E-state index in [1.54, 1.807) is 35.4 Å². The molecule has 0 unspecified atom stereocenters. The number of amides is 1. The van der Waals surface area contributed by atoms with Crippen molar-refractivity contribution in [3.05, 3.63) is 95.3 Å². The maximum atomic E-state index is 12.5. The van der Waals surface area contributed by atoms with Gasteiger partial charge in [0, 0.05) is 24.3 Å². The fraction of sp³-hybridized carbons (Fsp3) is 0.200. The van der Waals surface area contributed by atoms with Gasteiger partial charge in [-0.05, 0) is 53.5 Å². The van der Waals surface area contributed by atoms with Gasteiger partial charge in [0.2, 0.25) is 0 Å². The van der Waals surface area contributed by atoms with Gasteiger partial charge in [0.05, 0.1) is 6.20 Å². The van der Waals surface area contributed by atoms with Crippen LogP contribution < -0.4 is 9.47 Å². The quantitative estimate of drug-likeness (QED) is 0.524. The van der Waals surface area contributed by atoms with E-state index >= 15 is 0 Å². The Morgan fingerprint density at radius 2 is 1.81 bits per heavy atom. The Morgan fingerprint density at radius 1 is 1.00 bits per heavy atom. The summed E-state index contributed by atoms with van der Waals surface area (Å²) >= 11 is 5.87. The predicted molar refractivity (Wildman–Crippen MR) is 121 cm³/mol. The van der Waals surface area contributed by atoms with Gasteiger partial charge in [-0.25, -0.2) is 0 Å². The molecule has 0 N–H and O–H groups in total. The highest BCUT2D eigenvalue weighted by molar-refractivity contribution is 6.30. The Balaban J connectivity index is 1.31. The molecule has 4 rings (SSSR count). The summed E-state index contributed by atoms with van der Waals surface area (Å²) in [4.78, 5) is 18.6. The van der Waals surface area contributed by atoms with Crippen molar-refractivity contribution >= 4 is 23.1 Å². The summed E-state index contributed by atoms with van der Waals surface area (Å²) in [6.45, 7) is 1.70. The number of hydrogen-bond acceptors (Lipinski definition) is 4. The monoisotopic (exact) mass is 434 g/mol. The van der Waals surface area contributed by atoms with E-state index in [4.69, 9.17) is 21.1 Å². The van der Waals surface area contributed by atoms with Crippen LogP contribution >= 0.6 is 11.6 Å². The lowest BCUT2D eigenvalue weighted by Gasteiger charge is -2.26. The number of pyridine rings is 1. The molecule has 158 valence electrons. The van der Waals surface area contributed by atoms with Gasteiger partial charge in [0.1, 0.15) is 18.1 Å². The Labute approximate surface area is 186 Å². The maximum Gasteiger partial charge on any atom is 0.260 e. The highest BCUT2D eigenvalue weighted by Gasteiger charge is 2.19. The number of aromatic nitrogens is 1. The molecule has 0 aliphatic carbocycles. The van der Waals surface area contributed by atoms with Crippen molar-refractivity contribution in [1.82, 2.24) is 9.88 Å². The largest absolute Gasteiger partial charge is 0.487 e. The Morgan fingerprint density at radius 3 is 2.55 bits per heavy atom. The number of nitrogens with zero attached hydrogens (tertiary/aromatic N) is 2. The van der Waals surface area contributed by atoms with Gasteiger partial charge >= 0.3 is 0 Å². The number of ether oxygens (including phenoxy) is 2. The molecule has 0 saturated carbocycles. The van der Waals surface area contributed by atoms with Crippen molar-refractivity contribution in [2.45, 2.75) is 13.0 Å². The highest BCUT2D eigenvalue weighted by Crippen LogP contribution is 2.25. The van der Waals surface area contributed by atoms with Crippen molar-refractivity contribution in [3.63, 3.8) is 0 Å². The lowest BCUT2D eigenvalue weighted by Crippen LogP contribution is -2.37. The van der Waals surface area contributed by atoms with Crippen LogP contribution in [0.5, 0.6) is 11.5 Å². The zero-order valence-electron chi connectivity index (χ0n) is 17.0. The summed E-state index contributed by atoms with van der Waals surface area (Å²) in [6.07, 6.45) is 6.39. The first kappa shape index (κ1) is 20.9. The summed E-state index contributed by atoms with van der Waals surface area (Å²) in [5.74, 6) is 1.32. The fourth-order valence-electron chi connectivity index (χ4n) is 3.34. The van der Waals surface area contributed by atoms with E-state index < -0.39 is 0 Å².